The highest BCUT2D eigenvalue weighted by Crippen LogP contribution is 2.42. The molecule has 0 amide bonds. The summed E-state index contributed by atoms with van der Waals surface area (Å²) < 4.78 is 6.05. The molecule has 0 fully saturated rings. The Kier molecular flexibility index (Phi) is 4.91. The van der Waals surface area contributed by atoms with Crippen molar-refractivity contribution < 1.29 is 14.6 Å². The maximum Gasteiger partial charge on any atom is 0.198 e. The lowest BCUT2D eigenvalue weighted by Crippen LogP contribution is -2.34. The largest absolute Gasteiger partial charge is 0.508 e. The molecule has 0 saturated carbocycles. The number of nitrogens with one attached hydrogen (secondary N) is 1. The van der Waals surface area contributed by atoms with Crippen molar-refractivity contribution in [1.82, 2.24) is 5.32 Å². The molecule has 4 nitrogen and oxygen atoms in total. The number of carbonyl (C=O) groups excluding carboxylic acids is 1. The summed E-state index contributed by atoms with van der Waals surface area (Å²) in [5.74, 6) is 0.206. The number of halogens is 2. The van der Waals surface area contributed by atoms with Crippen molar-refractivity contribution in [2.45, 2.75) is 32.4 Å². The summed E-state index contributed by atoms with van der Waals surface area (Å²) in [5, 5.41) is 14.4. The molecule has 0 bridgehead atoms. The third-order valence-electron chi connectivity index (χ3n) is 3.91. The van der Waals surface area contributed by atoms with Crippen LogP contribution in [0, 0.1) is 0 Å². The molecule has 0 aromatic heterocycles. The number of aromatic hydroxyl groups is 1. The molecule has 0 saturated heterocycles. The van der Waals surface area contributed by atoms with Crippen LogP contribution in [0.5, 0.6) is 11.5 Å². The van der Waals surface area contributed by atoms with Gasteiger partial charge in [0.05, 0.1) is 11.1 Å². The predicted octanol–water partition coefficient (Wildman–Crippen LogP) is 5.29. The van der Waals surface area contributed by atoms with Crippen LogP contribution in [0.2, 0.25) is 10.0 Å². The first-order valence-corrected chi connectivity index (χ1v) is 8.88. The summed E-state index contributed by atoms with van der Waals surface area (Å²) in [6.45, 7) is 5.94. The number of fused-ring (bicyclic) bond motifs is 1. The molecule has 1 heterocycles. The number of phenolic OH excluding ortho intramolecular Hbond substituents is 1. The minimum Gasteiger partial charge on any atom is -0.508 e. The van der Waals surface area contributed by atoms with Crippen molar-refractivity contribution in [1.29, 1.82) is 0 Å². The van der Waals surface area contributed by atoms with E-state index in [1.54, 1.807) is 36.5 Å². The van der Waals surface area contributed by atoms with Crippen LogP contribution < -0.4 is 10.1 Å². The van der Waals surface area contributed by atoms with Crippen LogP contribution in [-0.2, 0) is 0 Å². The fourth-order valence-electron chi connectivity index (χ4n) is 2.65. The molecule has 1 atom stereocenters. The van der Waals surface area contributed by atoms with Gasteiger partial charge in [-0.05, 0) is 57.2 Å². The standard InChI is InChI=1S/C20H19Cl2NO3/c1-20(2,3)23-10-15-18(25)14-9-12(22)5-7-17(14)26-19(15)13-8-11(21)4-6-16(13)24/h4-10,19,23-24H,1-3H3/b15-10+. The van der Waals surface area contributed by atoms with Crippen LogP contribution >= 0.6 is 23.2 Å². The van der Waals surface area contributed by atoms with Gasteiger partial charge < -0.3 is 15.2 Å². The van der Waals surface area contributed by atoms with Crippen LogP contribution in [0.1, 0.15) is 42.8 Å². The maximum atomic E-state index is 13.1. The predicted molar refractivity (Wildman–Crippen MR) is 103 cm³/mol. The van der Waals surface area contributed by atoms with E-state index in [0.717, 1.165) is 0 Å². The molecule has 26 heavy (non-hydrogen) atoms. The molecule has 2 N–H and O–H groups in total. The van der Waals surface area contributed by atoms with Crippen molar-refractivity contribution in [3.8, 4) is 11.5 Å². The Labute approximate surface area is 162 Å². The van der Waals surface area contributed by atoms with Crippen molar-refractivity contribution in [3.05, 3.63) is 69.3 Å². The molecule has 6 heteroatoms. The van der Waals surface area contributed by atoms with Crippen LogP contribution in [0.3, 0.4) is 0 Å². The van der Waals surface area contributed by atoms with Gasteiger partial charge in [-0.15, -0.1) is 0 Å². The molecule has 3 rings (SSSR count). The van der Waals surface area contributed by atoms with E-state index in [1.165, 1.54) is 6.07 Å². The van der Waals surface area contributed by atoms with Crippen LogP contribution in [0.25, 0.3) is 0 Å². The lowest BCUT2D eigenvalue weighted by molar-refractivity contribution is 0.0958. The zero-order chi connectivity index (χ0) is 19.1. The molecule has 1 aliphatic heterocycles. The highest BCUT2D eigenvalue weighted by Gasteiger charge is 2.35. The number of hydrogen-bond acceptors (Lipinski definition) is 4. The minimum absolute atomic E-state index is 0.00581. The number of ketones is 1. The van der Waals surface area contributed by atoms with Gasteiger partial charge in [0, 0.05) is 27.3 Å². The molecular weight excluding hydrogens is 373 g/mol. The van der Waals surface area contributed by atoms with E-state index in [4.69, 9.17) is 27.9 Å². The van der Waals surface area contributed by atoms with Crippen molar-refractivity contribution in [2.24, 2.45) is 0 Å². The monoisotopic (exact) mass is 391 g/mol. The number of benzene rings is 2. The Morgan fingerprint density at radius 3 is 2.46 bits per heavy atom. The summed E-state index contributed by atoms with van der Waals surface area (Å²) in [4.78, 5) is 13.1. The summed E-state index contributed by atoms with van der Waals surface area (Å²) in [6, 6.07) is 9.55. The van der Waals surface area contributed by atoms with Gasteiger partial charge >= 0.3 is 0 Å². The van der Waals surface area contributed by atoms with Gasteiger partial charge in [0.15, 0.2) is 11.9 Å². The minimum atomic E-state index is -0.787. The summed E-state index contributed by atoms with van der Waals surface area (Å²) in [5.41, 5.74) is 0.931. The zero-order valence-corrected chi connectivity index (χ0v) is 16.2. The van der Waals surface area contributed by atoms with Gasteiger partial charge in [0.25, 0.3) is 0 Å². The molecular formula is C20H19Cl2NO3. The first kappa shape index (κ1) is 18.6. The number of Topliss-reactive ketones (excluding diaryl/α,β-unsaturated/α-hetero) is 1. The maximum absolute atomic E-state index is 13.1. The Morgan fingerprint density at radius 2 is 1.77 bits per heavy atom. The fourth-order valence-corrected chi connectivity index (χ4v) is 3.00. The van der Waals surface area contributed by atoms with E-state index in [1.807, 2.05) is 20.8 Å². The second kappa shape index (κ2) is 6.86. The number of hydrogen-bond donors (Lipinski definition) is 2. The third kappa shape index (κ3) is 3.81. The summed E-state index contributed by atoms with van der Waals surface area (Å²) in [6.07, 6.45) is 0.849. The second-order valence-electron chi connectivity index (χ2n) is 7.16. The second-order valence-corrected chi connectivity index (χ2v) is 8.04. The summed E-state index contributed by atoms with van der Waals surface area (Å²) >= 11 is 12.1. The van der Waals surface area contributed by atoms with E-state index in [9.17, 15) is 9.90 Å². The van der Waals surface area contributed by atoms with Gasteiger partial charge in [-0.3, -0.25) is 4.79 Å². The summed E-state index contributed by atoms with van der Waals surface area (Å²) in [7, 11) is 0. The number of ether oxygens (including phenoxy) is 1. The number of phenols is 1. The van der Waals surface area contributed by atoms with Crippen LogP contribution in [-0.4, -0.2) is 16.4 Å². The third-order valence-corrected chi connectivity index (χ3v) is 4.38. The van der Waals surface area contributed by atoms with E-state index >= 15 is 0 Å². The molecule has 1 unspecified atom stereocenters. The van der Waals surface area contributed by atoms with Crippen LogP contribution in [0.4, 0.5) is 0 Å². The quantitative estimate of drug-likeness (QED) is 0.682. The SMILES string of the molecule is CC(C)(C)N/C=C1\C(=O)c2cc(Cl)ccc2OC1c1cc(Cl)ccc1O. The molecule has 2 aromatic carbocycles. The Bertz CT molecular complexity index is 900. The van der Waals surface area contributed by atoms with E-state index < -0.39 is 6.10 Å². The van der Waals surface area contributed by atoms with Crippen molar-refractivity contribution in [2.75, 3.05) is 0 Å². The molecule has 136 valence electrons. The normalized spacial score (nSPS) is 18.4. The average molecular weight is 392 g/mol. The highest BCUT2D eigenvalue weighted by molar-refractivity contribution is 6.31. The molecule has 0 radical (unpaired) electrons. The highest BCUT2D eigenvalue weighted by atomic mass is 35.5. The first-order valence-electron chi connectivity index (χ1n) is 8.13. The van der Waals surface area contributed by atoms with Gasteiger partial charge in [-0.1, -0.05) is 23.2 Å². The van der Waals surface area contributed by atoms with Gasteiger partial charge in [0.1, 0.15) is 11.5 Å². The zero-order valence-electron chi connectivity index (χ0n) is 14.6. The van der Waals surface area contributed by atoms with Crippen molar-refractivity contribution >= 4 is 29.0 Å². The van der Waals surface area contributed by atoms with Crippen molar-refractivity contribution in [3.63, 3.8) is 0 Å². The average Bonchev–Trinajstić information content (AvgIpc) is 2.56. The van der Waals surface area contributed by atoms with E-state index in [-0.39, 0.29) is 17.1 Å². The topological polar surface area (TPSA) is 58.6 Å². The Hall–Kier alpha value is -2.17. The molecule has 0 spiro atoms. The first-order chi connectivity index (χ1) is 12.2. The number of rotatable bonds is 2. The molecule has 0 aliphatic carbocycles. The molecule has 2 aromatic rings. The Morgan fingerprint density at radius 1 is 1.12 bits per heavy atom. The number of carbonyl (C=O) groups is 1. The Balaban J connectivity index is 2.15. The van der Waals surface area contributed by atoms with Gasteiger partial charge in [-0.2, -0.15) is 0 Å². The fraction of sp³-hybridized carbons (Fsp3) is 0.250. The van der Waals surface area contributed by atoms with Gasteiger partial charge in [0.2, 0.25) is 0 Å². The smallest absolute Gasteiger partial charge is 0.198 e. The van der Waals surface area contributed by atoms with Crippen LogP contribution in [0.15, 0.2) is 48.2 Å². The van der Waals surface area contributed by atoms with E-state index in [0.29, 0.717) is 32.5 Å². The lowest BCUT2D eigenvalue weighted by Gasteiger charge is -2.30. The lowest BCUT2D eigenvalue weighted by atomic mass is 9.91. The van der Waals surface area contributed by atoms with E-state index in [2.05, 4.69) is 5.32 Å². The van der Waals surface area contributed by atoms with Gasteiger partial charge in [-0.25, -0.2) is 0 Å². The molecule has 1 aliphatic rings.